The van der Waals surface area contributed by atoms with Gasteiger partial charge in [-0.25, -0.2) is 4.99 Å². The van der Waals surface area contributed by atoms with Crippen LogP contribution < -0.4 is 10.6 Å². The largest absolute Gasteiger partial charge is 0.357 e. The molecule has 0 saturated heterocycles. The molecule has 0 bridgehead atoms. The first-order valence-electron chi connectivity index (χ1n) is 7.99. The number of aromatic nitrogens is 4. The molecule has 0 aliphatic rings. The zero-order valence-corrected chi connectivity index (χ0v) is 13.9. The Morgan fingerprint density at radius 1 is 1.12 bits per heavy atom. The lowest BCUT2D eigenvalue weighted by atomic mass is 10.3. The van der Waals surface area contributed by atoms with Gasteiger partial charge in [-0.05, 0) is 38.1 Å². The Hall–Kier alpha value is -2.96. The molecule has 0 aliphatic carbocycles. The van der Waals surface area contributed by atoms with Gasteiger partial charge in [-0.1, -0.05) is 12.1 Å². The number of nitrogens with zero attached hydrogens (tertiary/aromatic N) is 5. The Balaban J connectivity index is 1.68. The summed E-state index contributed by atoms with van der Waals surface area (Å²) in [6, 6.07) is 11.8. The fraction of sp³-hybridized carbons (Fsp3) is 0.294. The van der Waals surface area contributed by atoms with Gasteiger partial charge in [0.25, 0.3) is 0 Å². The van der Waals surface area contributed by atoms with E-state index < -0.39 is 0 Å². The van der Waals surface area contributed by atoms with Crippen LogP contribution in [-0.2, 0) is 13.1 Å². The van der Waals surface area contributed by atoms with Crippen LogP contribution in [0.3, 0.4) is 0 Å². The quantitative estimate of drug-likeness (QED) is 0.552. The Labute approximate surface area is 140 Å². The van der Waals surface area contributed by atoms with Crippen LogP contribution in [0.25, 0.3) is 5.65 Å². The molecule has 3 rings (SSSR count). The smallest absolute Gasteiger partial charge is 0.192 e. The third-order valence-corrected chi connectivity index (χ3v) is 3.49. The maximum absolute atomic E-state index is 4.58. The van der Waals surface area contributed by atoms with E-state index in [0.717, 1.165) is 35.4 Å². The Morgan fingerprint density at radius 3 is 2.88 bits per heavy atom. The van der Waals surface area contributed by atoms with Crippen LogP contribution >= 0.6 is 0 Å². The lowest BCUT2D eigenvalue weighted by molar-refractivity contribution is 0.763. The van der Waals surface area contributed by atoms with Crippen LogP contribution in [0.5, 0.6) is 0 Å². The molecule has 24 heavy (non-hydrogen) atoms. The Bertz CT molecular complexity index is 838. The predicted octanol–water partition coefficient (Wildman–Crippen LogP) is 1.69. The first-order valence-corrected chi connectivity index (χ1v) is 7.99. The lowest BCUT2D eigenvalue weighted by Crippen LogP contribution is -2.37. The molecule has 3 aromatic heterocycles. The molecule has 0 aliphatic heterocycles. The van der Waals surface area contributed by atoms with Gasteiger partial charge in [-0.3, -0.25) is 9.38 Å². The molecular weight excluding hydrogens is 302 g/mol. The molecule has 0 spiro atoms. The molecule has 0 radical (unpaired) electrons. The molecule has 124 valence electrons. The average molecular weight is 323 g/mol. The molecule has 7 nitrogen and oxygen atoms in total. The monoisotopic (exact) mass is 323 g/mol. The summed E-state index contributed by atoms with van der Waals surface area (Å²) < 4.78 is 1.96. The van der Waals surface area contributed by atoms with Crippen molar-refractivity contribution in [2.45, 2.75) is 26.9 Å². The number of guanidine groups is 1. The molecule has 0 aromatic carbocycles. The summed E-state index contributed by atoms with van der Waals surface area (Å²) in [5, 5.41) is 14.9. The summed E-state index contributed by atoms with van der Waals surface area (Å²) in [4.78, 5) is 9.05. The van der Waals surface area contributed by atoms with Gasteiger partial charge in [-0.15, -0.1) is 10.2 Å². The molecule has 7 heteroatoms. The highest BCUT2D eigenvalue weighted by Gasteiger charge is 2.05. The van der Waals surface area contributed by atoms with Crippen molar-refractivity contribution in [3.05, 3.63) is 59.8 Å². The van der Waals surface area contributed by atoms with E-state index in [1.807, 2.05) is 60.8 Å². The van der Waals surface area contributed by atoms with Gasteiger partial charge in [0, 0.05) is 18.4 Å². The van der Waals surface area contributed by atoms with Crippen LogP contribution in [0.15, 0.2) is 47.6 Å². The molecule has 0 fully saturated rings. The predicted molar refractivity (Wildman–Crippen MR) is 93.6 cm³/mol. The standard InChI is InChI=1S/C17H21N7/c1-3-18-17(19-11-14-8-6-7-13(2)21-14)20-12-16-23-22-15-9-4-5-10-24(15)16/h4-10H,3,11-12H2,1-2H3,(H2,18,19,20). The van der Waals surface area contributed by atoms with Gasteiger partial charge in [0.2, 0.25) is 0 Å². The van der Waals surface area contributed by atoms with Crippen molar-refractivity contribution >= 4 is 11.6 Å². The molecule has 0 unspecified atom stereocenters. The summed E-state index contributed by atoms with van der Waals surface area (Å²) in [5.74, 6) is 1.57. The summed E-state index contributed by atoms with van der Waals surface area (Å²) in [7, 11) is 0. The van der Waals surface area contributed by atoms with Crippen molar-refractivity contribution in [3.8, 4) is 0 Å². The van der Waals surface area contributed by atoms with Crippen molar-refractivity contribution in [2.75, 3.05) is 6.54 Å². The topological polar surface area (TPSA) is 79.5 Å². The number of pyridine rings is 2. The maximum atomic E-state index is 4.58. The molecular formula is C17H21N7. The Kier molecular flexibility index (Phi) is 5.00. The molecule has 0 atom stereocenters. The van der Waals surface area contributed by atoms with Gasteiger partial charge >= 0.3 is 0 Å². The second-order valence-corrected chi connectivity index (χ2v) is 5.36. The molecule has 0 amide bonds. The van der Waals surface area contributed by atoms with E-state index in [0.29, 0.717) is 13.1 Å². The van der Waals surface area contributed by atoms with Gasteiger partial charge in [0.15, 0.2) is 17.4 Å². The highest BCUT2D eigenvalue weighted by atomic mass is 15.3. The number of fused-ring (bicyclic) bond motifs is 1. The van der Waals surface area contributed by atoms with Crippen molar-refractivity contribution in [3.63, 3.8) is 0 Å². The van der Waals surface area contributed by atoms with Crippen molar-refractivity contribution in [1.29, 1.82) is 0 Å². The van der Waals surface area contributed by atoms with Crippen molar-refractivity contribution < 1.29 is 0 Å². The third-order valence-electron chi connectivity index (χ3n) is 3.49. The molecule has 3 aromatic rings. The highest BCUT2D eigenvalue weighted by Crippen LogP contribution is 2.03. The fourth-order valence-corrected chi connectivity index (χ4v) is 2.36. The second kappa shape index (κ2) is 7.54. The van der Waals surface area contributed by atoms with Crippen LogP contribution in [0, 0.1) is 6.92 Å². The van der Waals surface area contributed by atoms with E-state index in [2.05, 4.69) is 30.8 Å². The van der Waals surface area contributed by atoms with Crippen molar-refractivity contribution in [1.82, 2.24) is 30.2 Å². The van der Waals surface area contributed by atoms with Gasteiger partial charge in [0.1, 0.15) is 0 Å². The van der Waals surface area contributed by atoms with E-state index >= 15 is 0 Å². The molecule has 0 saturated carbocycles. The molecule has 3 heterocycles. The number of hydrogen-bond donors (Lipinski definition) is 2. The average Bonchev–Trinajstić information content (AvgIpc) is 3.01. The zero-order valence-electron chi connectivity index (χ0n) is 13.9. The van der Waals surface area contributed by atoms with E-state index in [4.69, 9.17) is 0 Å². The SMILES string of the molecule is CCNC(=NCc1cccc(C)n1)NCc1nnc2ccccn12. The van der Waals surface area contributed by atoms with E-state index in [-0.39, 0.29) is 0 Å². The summed E-state index contributed by atoms with van der Waals surface area (Å²) >= 11 is 0. The molecule has 2 N–H and O–H groups in total. The zero-order chi connectivity index (χ0) is 16.8. The second-order valence-electron chi connectivity index (χ2n) is 5.36. The minimum Gasteiger partial charge on any atom is -0.357 e. The number of nitrogens with one attached hydrogen (secondary N) is 2. The number of aliphatic imine (C=N–C) groups is 1. The first kappa shape index (κ1) is 15.9. The summed E-state index contributed by atoms with van der Waals surface area (Å²) in [6.45, 7) is 5.87. The Morgan fingerprint density at radius 2 is 2.04 bits per heavy atom. The van der Waals surface area contributed by atoms with Crippen molar-refractivity contribution in [2.24, 2.45) is 4.99 Å². The van der Waals surface area contributed by atoms with Crippen LogP contribution in [0.2, 0.25) is 0 Å². The third kappa shape index (κ3) is 3.87. The van der Waals surface area contributed by atoms with Crippen LogP contribution in [0.1, 0.15) is 24.1 Å². The fourth-order valence-electron chi connectivity index (χ4n) is 2.36. The van der Waals surface area contributed by atoms with Crippen LogP contribution in [0.4, 0.5) is 0 Å². The normalized spacial score (nSPS) is 11.7. The minimum absolute atomic E-state index is 0.525. The number of rotatable bonds is 5. The minimum atomic E-state index is 0.525. The van der Waals surface area contributed by atoms with Crippen LogP contribution in [-0.4, -0.2) is 32.1 Å². The summed E-state index contributed by atoms with van der Waals surface area (Å²) in [6.07, 6.45) is 1.95. The van der Waals surface area contributed by atoms with Gasteiger partial charge < -0.3 is 10.6 Å². The van der Waals surface area contributed by atoms with Gasteiger partial charge in [-0.2, -0.15) is 0 Å². The number of hydrogen-bond acceptors (Lipinski definition) is 4. The van der Waals surface area contributed by atoms with E-state index in [1.165, 1.54) is 0 Å². The lowest BCUT2D eigenvalue weighted by Gasteiger charge is -2.10. The first-order chi connectivity index (χ1) is 11.8. The number of aryl methyl sites for hydroxylation is 1. The van der Waals surface area contributed by atoms with E-state index in [9.17, 15) is 0 Å². The highest BCUT2D eigenvalue weighted by molar-refractivity contribution is 5.79. The maximum Gasteiger partial charge on any atom is 0.192 e. The van der Waals surface area contributed by atoms with Gasteiger partial charge in [0.05, 0.1) is 18.8 Å². The summed E-state index contributed by atoms with van der Waals surface area (Å²) in [5.41, 5.74) is 2.77. The van der Waals surface area contributed by atoms with E-state index in [1.54, 1.807) is 0 Å².